The highest BCUT2D eigenvalue weighted by atomic mass is 16.2. The summed E-state index contributed by atoms with van der Waals surface area (Å²) in [5, 5.41) is 0. The molecule has 1 aromatic carbocycles. The van der Waals surface area contributed by atoms with Crippen LogP contribution < -0.4 is 16.1 Å². The maximum absolute atomic E-state index is 12.6. The molecule has 0 spiro atoms. The second-order valence-electron chi connectivity index (χ2n) is 7.46. The third kappa shape index (κ3) is 3.29. The van der Waals surface area contributed by atoms with Crippen molar-refractivity contribution in [2.75, 3.05) is 18.0 Å². The molecule has 7 heteroatoms. The maximum Gasteiger partial charge on any atom is 0.329 e. The Labute approximate surface area is 157 Å². The first-order valence-corrected chi connectivity index (χ1v) is 9.53. The fraction of sp³-hybridized carbons (Fsp3) is 0.450. The lowest BCUT2D eigenvalue weighted by Gasteiger charge is -2.31. The van der Waals surface area contributed by atoms with Crippen LogP contribution in [0.15, 0.2) is 39.9 Å². The third-order valence-electron chi connectivity index (χ3n) is 5.52. The minimum atomic E-state index is -0.431. The van der Waals surface area contributed by atoms with Crippen LogP contribution in [0, 0.1) is 5.92 Å². The Morgan fingerprint density at radius 2 is 1.85 bits per heavy atom. The molecule has 142 valence electrons. The van der Waals surface area contributed by atoms with Crippen molar-refractivity contribution >= 4 is 17.1 Å². The van der Waals surface area contributed by atoms with E-state index in [1.165, 1.54) is 10.1 Å². The highest BCUT2D eigenvalue weighted by Crippen LogP contribution is 2.25. The van der Waals surface area contributed by atoms with Crippen LogP contribution in [0.4, 0.5) is 5.95 Å². The number of fused-ring (bicyclic) bond motifs is 1. The third-order valence-corrected chi connectivity index (χ3v) is 5.52. The predicted molar refractivity (Wildman–Crippen MR) is 106 cm³/mol. The van der Waals surface area contributed by atoms with E-state index in [-0.39, 0.29) is 5.56 Å². The smallest absolute Gasteiger partial charge is 0.329 e. The number of aromatic nitrogens is 4. The van der Waals surface area contributed by atoms with Crippen molar-refractivity contribution in [3.05, 3.63) is 56.7 Å². The van der Waals surface area contributed by atoms with Gasteiger partial charge in [0.05, 0.1) is 0 Å². The van der Waals surface area contributed by atoms with Crippen LogP contribution in [0.2, 0.25) is 0 Å². The lowest BCUT2D eigenvalue weighted by Crippen LogP contribution is -2.35. The van der Waals surface area contributed by atoms with Crippen molar-refractivity contribution in [3.63, 3.8) is 0 Å². The lowest BCUT2D eigenvalue weighted by molar-refractivity contribution is 0.431. The molecular weight excluding hydrogens is 342 g/mol. The molecule has 3 aromatic rings. The Morgan fingerprint density at radius 3 is 2.56 bits per heavy atom. The number of piperidine rings is 1. The normalized spacial score (nSPS) is 15.6. The molecule has 0 atom stereocenters. The van der Waals surface area contributed by atoms with E-state index in [9.17, 15) is 9.59 Å². The van der Waals surface area contributed by atoms with Crippen LogP contribution in [-0.2, 0) is 20.0 Å². The van der Waals surface area contributed by atoms with E-state index < -0.39 is 5.69 Å². The first-order valence-electron chi connectivity index (χ1n) is 9.53. The number of H-pyrrole nitrogens is 1. The lowest BCUT2D eigenvalue weighted by atomic mass is 10.00. The number of aryl methyl sites for hydroxylation is 3. The molecule has 1 aliphatic rings. The first-order chi connectivity index (χ1) is 13.0. The second-order valence-corrected chi connectivity index (χ2v) is 7.46. The summed E-state index contributed by atoms with van der Waals surface area (Å²) >= 11 is 0. The van der Waals surface area contributed by atoms with Gasteiger partial charge in [0.15, 0.2) is 11.2 Å². The molecule has 0 radical (unpaired) electrons. The second kappa shape index (κ2) is 7.06. The summed E-state index contributed by atoms with van der Waals surface area (Å²) in [6.07, 6.45) is 3.01. The summed E-state index contributed by atoms with van der Waals surface area (Å²) in [6, 6.07) is 10.2. The van der Waals surface area contributed by atoms with Crippen LogP contribution in [0.3, 0.4) is 0 Å². The van der Waals surface area contributed by atoms with Crippen LogP contribution >= 0.6 is 0 Å². The van der Waals surface area contributed by atoms with Gasteiger partial charge in [0.2, 0.25) is 5.95 Å². The van der Waals surface area contributed by atoms with E-state index in [0.29, 0.717) is 23.6 Å². The molecule has 0 unspecified atom stereocenters. The average molecular weight is 367 g/mol. The van der Waals surface area contributed by atoms with E-state index in [0.717, 1.165) is 38.3 Å². The van der Waals surface area contributed by atoms with Gasteiger partial charge in [-0.25, -0.2) is 4.79 Å². The van der Waals surface area contributed by atoms with Gasteiger partial charge in [0, 0.05) is 26.7 Å². The summed E-state index contributed by atoms with van der Waals surface area (Å²) in [7, 11) is 1.65. The molecule has 4 rings (SSSR count). The Bertz CT molecular complexity index is 1060. The van der Waals surface area contributed by atoms with E-state index in [1.807, 2.05) is 22.8 Å². The zero-order chi connectivity index (χ0) is 19.0. The molecule has 1 aliphatic heterocycles. The predicted octanol–water partition coefficient (Wildman–Crippen LogP) is 1.90. The fourth-order valence-electron chi connectivity index (χ4n) is 3.77. The van der Waals surface area contributed by atoms with Crippen molar-refractivity contribution < 1.29 is 0 Å². The zero-order valence-corrected chi connectivity index (χ0v) is 15.8. The topological polar surface area (TPSA) is 75.9 Å². The van der Waals surface area contributed by atoms with E-state index in [4.69, 9.17) is 4.98 Å². The Balaban J connectivity index is 1.80. The fourth-order valence-corrected chi connectivity index (χ4v) is 3.77. The van der Waals surface area contributed by atoms with Gasteiger partial charge in [0.25, 0.3) is 5.56 Å². The number of hydrogen-bond acceptors (Lipinski definition) is 4. The summed E-state index contributed by atoms with van der Waals surface area (Å²) in [5.41, 5.74) is 1.33. The van der Waals surface area contributed by atoms with Gasteiger partial charge in [-0.05, 0) is 30.7 Å². The van der Waals surface area contributed by atoms with E-state index in [2.05, 4.69) is 28.9 Å². The molecule has 1 N–H and O–H groups in total. The molecule has 1 fully saturated rings. The number of benzene rings is 1. The summed E-state index contributed by atoms with van der Waals surface area (Å²) < 4.78 is 3.41. The number of nitrogens with one attached hydrogen (secondary N) is 1. The number of imidazole rings is 1. The Kier molecular flexibility index (Phi) is 4.59. The summed E-state index contributed by atoms with van der Waals surface area (Å²) in [5.74, 6) is 1.50. The van der Waals surface area contributed by atoms with Crippen molar-refractivity contribution in [1.82, 2.24) is 19.1 Å². The van der Waals surface area contributed by atoms with Crippen molar-refractivity contribution in [3.8, 4) is 0 Å². The highest BCUT2D eigenvalue weighted by Gasteiger charge is 2.24. The summed E-state index contributed by atoms with van der Waals surface area (Å²) in [4.78, 5) is 34.0. The highest BCUT2D eigenvalue weighted by molar-refractivity contribution is 5.74. The molecule has 0 saturated carbocycles. The number of aromatic amines is 1. The van der Waals surface area contributed by atoms with Gasteiger partial charge < -0.3 is 9.47 Å². The van der Waals surface area contributed by atoms with Gasteiger partial charge >= 0.3 is 5.69 Å². The van der Waals surface area contributed by atoms with Crippen LogP contribution in [-0.4, -0.2) is 32.2 Å². The standard InChI is InChI=1S/C20H25N5O2/c1-14-8-11-24(12-9-14)19-21-17-16(18(26)22-20(27)23(17)2)25(19)13-10-15-6-4-3-5-7-15/h3-7,14H,8-13H2,1-2H3,(H,22,26,27). The monoisotopic (exact) mass is 367 g/mol. The zero-order valence-electron chi connectivity index (χ0n) is 15.8. The van der Waals surface area contributed by atoms with Crippen molar-refractivity contribution in [2.24, 2.45) is 13.0 Å². The summed E-state index contributed by atoms with van der Waals surface area (Å²) in [6.45, 7) is 4.75. The van der Waals surface area contributed by atoms with Gasteiger partial charge in [-0.15, -0.1) is 0 Å². The van der Waals surface area contributed by atoms with Crippen LogP contribution in [0.5, 0.6) is 0 Å². The van der Waals surface area contributed by atoms with Gasteiger partial charge in [0.1, 0.15) is 0 Å². The molecule has 2 aromatic heterocycles. The number of anilines is 1. The SMILES string of the molecule is CC1CCN(c2nc3c(c(=O)[nH]c(=O)n3C)n2CCc2ccccc2)CC1. The minimum absolute atomic E-state index is 0.370. The first kappa shape index (κ1) is 17.6. The minimum Gasteiger partial charge on any atom is -0.342 e. The molecule has 3 heterocycles. The molecule has 1 saturated heterocycles. The van der Waals surface area contributed by atoms with Crippen molar-refractivity contribution in [2.45, 2.75) is 32.7 Å². The largest absolute Gasteiger partial charge is 0.342 e. The average Bonchev–Trinajstić information content (AvgIpc) is 3.06. The maximum atomic E-state index is 12.6. The molecule has 0 amide bonds. The van der Waals surface area contributed by atoms with Gasteiger partial charge in [-0.3, -0.25) is 14.3 Å². The molecule has 0 bridgehead atoms. The quantitative estimate of drug-likeness (QED) is 0.764. The number of nitrogens with zero attached hydrogens (tertiary/aromatic N) is 4. The van der Waals surface area contributed by atoms with Gasteiger partial charge in [-0.1, -0.05) is 37.3 Å². The number of hydrogen-bond donors (Lipinski definition) is 1. The Morgan fingerprint density at radius 1 is 1.15 bits per heavy atom. The number of rotatable bonds is 4. The Hall–Kier alpha value is -2.83. The molecule has 7 nitrogen and oxygen atoms in total. The molecule has 27 heavy (non-hydrogen) atoms. The molecule has 0 aliphatic carbocycles. The van der Waals surface area contributed by atoms with Crippen molar-refractivity contribution in [1.29, 1.82) is 0 Å². The van der Waals surface area contributed by atoms with E-state index >= 15 is 0 Å². The molecular formula is C20H25N5O2. The van der Waals surface area contributed by atoms with E-state index in [1.54, 1.807) is 7.05 Å². The van der Waals surface area contributed by atoms with Crippen LogP contribution in [0.25, 0.3) is 11.2 Å². The van der Waals surface area contributed by atoms with Crippen LogP contribution in [0.1, 0.15) is 25.3 Å². The van der Waals surface area contributed by atoms with Gasteiger partial charge in [-0.2, -0.15) is 4.98 Å².